The molecule has 3 aliphatic heterocycles. The summed E-state index contributed by atoms with van der Waals surface area (Å²) in [5.74, 6) is -3.76. The number of thioether (sulfide) groups is 2. The van der Waals surface area contributed by atoms with Crippen LogP contribution in [0.4, 0.5) is 28.4 Å². The van der Waals surface area contributed by atoms with Crippen LogP contribution in [0.15, 0.2) is 28.4 Å². The van der Waals surface area contributed by atoms with Gasteiger partial charge < -0.3 is 15.5 Å². The minimum Gasteiger partial charge on any atom is -0.389 e. The summed E-state index contributed by atoms with van der Waals surface area (Å²) in [5.41, 5.74) is 3.92. The molecule has 1 spiro atoms. The molecule has 242 valence electrons. The molecule has 8 rings (SSSR count). The number of hydrogen-bond donors (Lipinski definition) is 1. The molecule has 0 bridgehead atoms. The number of benzene rings is 2. The van der Waals surface area contributed by atoms with Gasteiger partial charge >= 0.3 is 11.6 Å². The van der Waals surface area contributed by atoms with E-state index in [2.05, 4.69) is 11.6 Å². The van der Waals surface area contributed by atoms with Crippen molar-refractivity contribution in [2.45, 2.75) is 43.3 Å². The number of rotatable bonds is 3. The number of anilines is 2. The van der Waals surface area contributed by atoms with Crippen molar-refractivity contribution in [2.75, 3.05) is 41.0 Å². The number of hydrogen-bond acceptors (Lipinski definition) is 9. The molecule has 2 aromatic heterocycles. The molecule has 2 fully saturated rings. The lowest BCUT2D eigenvalue weighted by molar-refractivity contribution is -0.130. The number of fused-ring (bicyclic) bond motifs is 3. The van der Waals surface area contributed by atoms with Gasteiger partial charge in [0.1, 0.15) is 28.5 Å². The van der Waals surface area contributed by atoms with Gasteiger partial charge in [-0.1, -0.05) is 6.58 Å². The van der Waals surface area contributed by atoms with Gasteiger partial charge in [-0.2, -0.15) is 30.8 Å². The first-order valence-corrected chi connectivity index (χ1v) is 17.8. The van der Waals surface area contributed by atoms with Gasteiger partial charge in [0.15, 0.2) is 0 Å². The molecule has 4 aromatic rings. The summed E-state index contributed by atoms with van der Waals surface area (Å²) >= 11 is 3.76. The van der Waals surface area contributed by atoms with Crippen molar-refractivity contribution >= 4 is 72.6 Å². The molecule has 1 aliphatic carbocycles. The molecule has 4 aliphatic rings. The summed E-state index contributed by atoms with van der Waals surface area (Å²) in [7, 11) is 0. The van der Waals surface area contributed by atoms with Crippen molar-refractivity contribution in [3.05, 3.63) is 57.5 Å². The zero-order chi connectivity index (χ0) is 33.3. The van der Waals surface area contributed by atoms with Gasteiger partial charge in [-0.25, -0.2) is 13.6 Å². The predicted octanol–water partition coefficient (Wildman–Crippen LogP) is 5.91. The minimum atomic E-state index is -3.52. The molecule has 8 nitrogen and oxygen atoms in total. The van der Waals surface area contributed by atoms with Crippen LogP contribution in [0.2, 0.25) is 0 Å². The normalized spacial score (nSPS) is 22.1. The fourth-order valence-corrected chi connectivity index (χ4v) is 11.4. The van der Waals surface area contributed by atoms with Gasteiger partial charge in [0.25, 0.3) is 0 Å². The van der Waals surface area contributed by atoms with Crippen LogP contribution in [-0.4, -0.2) is 62.8 Å². The van der Waals surface area contributed by atoms with Crippen LogP contribution in [-0.2, 0) is 17.3 Å². The zero-order valence-electron chi connectivity index (χ0n) is 25.1. The molecule has 47 heavy (non-hydrogen) atoms. The molecule has 2 aromatic carbocycles. The number of aromatic nitrogens is 2. The van der Waals surface area contributed by atoms with Gasteiger partial charge in [-0.15, -0.1) is 23.1 Å². The van der Waals surface area contributed by atoms with Gasteiger partial charge in [-0.3, -0.25) is 9.36 Å². The number of piperazine rings is 1. The van der Waals surface area contributed by atoms with Crippen LogP contribution in [0.25, 0.3) is 32.1 Å². The Labute approximate surface area is 278 Å². The third kappa shape index (κ3) is 4.10. The first-order valence-electron chi connectivity index (χ1n) is 14.9. The van der Waals surface area contributed by atoms with Crippen LogP contribution in [0.5, 0.6) is 0 Å². The van der Waals surface area contributed by atoms with E-state index >= 15 is 17.6 Å². The number of alkyl halides is 2. The minimum absolute atomic E-state index is 0.0495. The lowest BCUT2D eigenvalue weighted by atomic mass is 9.94. The number of amides is 1. The Morgan fingerprint density at radius 1 is 1.13 bits per heavy atom. The summed E-state index contributed by atoms with van der Waals surface area (Å²) < 4.78 is 65.2. The van der Waals surface area contributed by atoms with Crippen molar-refractivity contribution in [3.63, 3.8) is 0 Å². The second kappa shape index (κ2) is 10.1. The van der Waals surface area contributed by atoms with Crippen LogP contribution in [0.1, 0.15) is 30.5 Å². The number of nitrogen functional groups attached to an aromatic ring is 1. The quantitative estimate of drug-likeness (QED) is 0.208. The lowest BCUT2D eigenvalue weighted by Crippen LogP contribution is -2.58. The van der Waals surface area contributed by atoms with Crippen molar-refractivity contribution in [3.8, 4) is 17.2 Å². The third-order valence-electron chi connectivity index (χ3n) is 9.66. The van der Waals surface area contributed by atoms with E-state index in [1.807, 2.05) is 19.9 Å². The molecular weight excluding hydrogens is 673 g/mol. The van der Waals surface area contributed by atoms with E-state index < -0.39 is 28.8 Å². The lowest BCUT2D eigenvalue weighted by Gasteiger charge is -2.44. The van der Waals surface area contributed by atoms with Gasteiger partial charge in [0.05, 0.1) is 21.2 Å². The Morgan fingerprint density at radius 2 is 1.83 bits per heavy atom. The number of nitrogens with two attached hydrogens (primary N) is 1. The van der Waals surface area contributed by atoms with Crippen LogP contribution < -0.4 is 16.3 Å². The van der Waals surface area contributed by atoms with Crippen molar-refractivity contribution < 1.29 is 22.4 Å². The Balaban J connectivity index is 1.46. The fraction of sp³-hybridized carbons (Fsp3) is 0.375. The number of halogens is 4. The highest BCUT2D eigenvalue weighted by Crippen LogP contribution is 2.65. The summed E-state index contributed by atoms with van der Waals surface area (Å²) in [6, 6.07) is 1.87. The monoisotopic (exact) mass is 698 g/mol. The Morgan fingerprint density at radius 3 is 2.45 bits per heavy atom. The van der Waals surface area contributed by atoms with E-state index in [9.17, 15) is 14.9 Å². The van der Waals surface area contributed by atoms with Crippen LogP contribution in [0.3, 0.4) is 0 Å². The third-order valence-corrected chi connectivity index (χ3v) is 13.8. The second-order valence-electron chi connectivity index (χ2n) is 12.8. The number of carbonyl (C=O) groups is 1. The summed E-state index contributed by atoms with van der Waals surface area (Å²) in [6.45, 7) is 7.97. The van der Waals surface area contributed by atoms with Gasteiger partial charge in [0, 0.05) is 93.0 Å². The molecular formula is C32H26F4N6O2S3. The average Bonchev–Trinajstić information content (AvgIpc) is 3.49. The maximum absolute atomic E-state index is 16.3. The van der Waals surface area contributed by atoms with Crippen LogP contribution >= 0.6 is 34.9 Å². The van der Waals surface area contributed by atoms with E-state index in [0.29, 0.717) is 11.8 Å². The second-order valence-corrected chi connectivity index (χ2v) is 15.8. The maximum Gasteiger partial charge on any atom is 0.350 e. The highest BCUT2D eigenvalue weighted by molar-refractivity contribution is 8.01. The standard InChI is InChI=1S/C32H26F4N6O2S3/c1-4-18(43)42-13(2)7-40(8-14(42)3)29-22-24-23(32(24,35)36)21(20-16(33)5-17(34)26-19(20)15(6-37)28(38)47-26)27-25(22)41(30(44)39-29)9-31(12-46-27)10-45-11-31/h4-5,13-14H,1,7-12,38H2,2-3H3. The van der Waals surface area contributed by atoms with Crippen molar-refractivity contribution in [1.29, 1.82) is 5.26 Å². The SMILES string of the molecule is C=CC(=O)N1C(C)CN(c2nc(=O)n3c4c(c(-c5c(F)cc(F)c6sc(N)c(C#N)c56)c5c(c24)C5(F)F)SCC2(CSC2)C3)CC1C. The van der Waals surface area contributed by atoms with E-state index in [1.165, 1.54) is 22.4 Å². The molecule has 2 saturated heterocycles. The summed E-state index contributed by atoms with van der Waals surface area (Å²) in [5, 5.41) is 9.88. The molecule has 2 atom stereocenters. The first-order chi connectivity index (χ1) is 22.3. The Hall–Kier alpha value is -3.74. The molecule has 0 saturated carbocycles. The highest BCUT2D eigenvalue weighted by atomic mass is 32.2. The Kier molecular flexibility index (Phi) is 6.59. The topological polar surface area (TPSA) is 108 Å². The van der Waals surface area contributed by atoms with E-state index in [4.69, 9.17) is 5.73 Å². The number of carbonyl (C=O) groups excluding carboxylic acids is 1. The summed E-state index contributed by atoms with van der Waals surface area (Å²) in [6.07, 6.45) is 1.23. The highest BCUT2D eigenvalue weighted by Gasteiger charge is 2.60. The molecule has 2 unspecified atom stereocenters. The fourth-order valence-electron chi connectivity index (χ4n) is 7.58. The molecule has 0 radical (unpaired) electrons. The van der Waals surface area contributed by atoms with Crippen molar-refractivity contribution in [2.24, 2.45) is 5.41 Å². The molecule has 2 N–H and O–H groups in total. The molecule has 15 heteroatoms. The van der Waals surface area contributed by atoms with E-state index in [0.717, 1.165) is 22.8 Å². The number of nitrogens with zero attached hydrogens (tertiary/aromatic N) is 5. The maximum atomic E-state index is 16.3. The largest absolute Gasteiger partial charge is 0.389 e. The number of thiophene rings is 1. The van der Waals surface area contributed by atoms with E-state index in [-0.39, 0.29) is 102 Å². The van der Waals surface area contributed by atoms with Gasteiger partial charge in [-0.05, 0) is 19.9 Å². The average molecular weight is 699 g/mol. The summed E-state index contributed by atoms with van der Waals surface area (Å²) in [4.78, 5) is 34.8. The van der Waals surface area contributed by atoms with Crippen LogP contribution in [0, 0.1) is 28.4 Å². The van der Waals surface area contributed by atoms with Gasteiger partial charge in [0.2, 0.25) is 5.91 Å². The zero-order valence-corrected chi connectivity index (χ0v) is 27.6. The van der Waals surface area contributed by atoms with Crippen molar-refractivity contribution in [1.82, 2.24) is 14.5 Å². The predicted molar refractivity (Wildman–Crippen MR) is 178 cm³/mol. The first kappa shape index (κ1) is 30.6. The molecule has 1 amide bonds. The molecule has 5 heterocycles. The Bertz CT molecular complexity index is 2210. The number of nitriles is 1. The smallest absolute Gasteiger partial charge is 0.350 e. The van der Waals surface area contributed by atoms with E-state index in [1.54, 1.807) is 21.6 Å².